The average Bonchev–Trinajstić information content (AvgIpc) is 2.61. The lowest BCUT2D eigenvalue weighted by molar-refractivity contribution is 0.140. The minimum Gasteiger partial charge on any atom is -0.445 e. The predicted molar refractivity (Wildman–Crippen MR) is 95.6 cm³/mol. The van der Waals surface area contributed by atoms with E-state index >= 15 is 0 Å². The van der Waals surface area contributed by atoms with Gasteiger partial charge in [-0.25, -0.2) is 17.9 Å². The minimum atomic E-state index is -3.43. The second kappa shape index (κ2) is 9.19. The summed E-state index contributed by atoms with van der Waals surface area (Å²) < 4.78 is 31.3. The summed E-state index contributed by atoms with van der Waals surface area (Å²) in [5.74, 6) is 0. The molecule has 0 aromatic heterocycles. The molecule has 0 aliphatic carbocycles. The normalized spacial score (nSPS) is 11.1. The van der Waals surface area contributed by atoms with Crippen LogP contribution in [0.1, 0.15) is 18.1 Å². The van der Waals surface area contributed by atoms with Crippen LogP contribution in [0, 0.1) is 0 Å². The molecule has 0 saturated carbocycles. The molecule has 0 aliphatic heterocycles. The molecular weight excluding hydrogens is 340 g/mol. The van der Waals surface area contributed by atoms with Crippen molar-refractivity contribution in [1.82, 2.24) is 10.0 Å². The van der Waals surface area contributed by atoms with Crippen molar-refractivity contribution in [3.8, 4) is 0 Å². The number of carbonyl (C=O) groups is 1. The topological polar surface area (TPSA) is 84.5 Å². The third kappa shape index (κ3) is 6.21. The van der Waals surface area contributed by atoms with Crippen molar-refractivity contribution in [2.24, 2.45) is 0 Å². The smallest absolute Gasteiger partial charge is 0.407 e. The summed E-state index contributed by atoms with van der Waals surface area (Å²) in [4.78, 5) is 11.9. The molecule has 2 rings (SSSR count). The van der Waals surface area contributed by atoms with Crippen LogP contribution >= 0.6 is 0 Å². The first-order chi connectivity index (χ1) is 12.0. The van der Waals surface area contributed by atoms with Crippen LogP contribution in [0.5, 0.6) is 0 Å². The van der Waals surface area contributed by atoms with Crippen molar-refractivity contribution in [3.05, 3.63) is 65.7 Å². The molecule has 1 amide bonds. The highest BCUT2D eigenvalue weighted by Crippen LogP contribution is 2.10. The molecule has 0 atom stereocenters. The summed E-state index contributed by atoms with van der Waals surface area (Å²) in [6.07, 6.45) is 0.109. The van der Waals surface area contributed by atoms with Crippen LogP contribution < -0.4 is 10.0 Å². The van der Waals surface area contributed by atoms with Crippen LogP contribution in [0.15, 0.2) is 59.5 Å². The van der Waals surface area contributed by atoms with Crippen molar-refractivity contribution in [1.29, 1.82) is 0 Å². The standard InChI is InChI=1S/C18H22N2O4S/c1-2-20-25(22,23)17-10-8-15(9-11-17)12-13-19-18(21)24-14-16-6-4-3-5-7-16/h3-11,20H,2,12-14H2,1H3,(H,19,21). The van der Waals surface area contributed by atoms with Crippen LogP contribution in [-0.4, -0.2) is 27.6 Å². The van der Waals surface area contributed by atoms with Gasteiger partial charge in [0.1, 0.15) is 6.61 Å². The highest BCUT2D eigenvalue weighted by atomic mass is 32.2. The Labute approximate surface area is 148 Å². The summed E-state index contributed by atoms with van der Waals surface area (Å²) >= 11 is 0. The minimum absolute atomic E-state index is 0.226. The maximum atomic E-state index is 11.9. The first kappa shape index (κ1) is 19.0. The number of ether oxygens (including phenoxy) is 1. The molecule has 0 radical (unpaired) electrons. The third-order valence-corrected chi connectivity index (χ3v) is 5.03. The van der Waals surface area contributed by atoms with Crippen molar-refractivity contribution in [3.63, 3.8) is 0 Å². The molecule has 2 aromatic carbocycles. The lowest BCUT2D eigenvalue weighted by Crippen LogP contribution is -2.26. The maximum absolute atomic E-state index is 11.9. The zero-order chi connectivity index (χ0) is 18.1. The lowest BCUT2D eigenvalue weighted by Gasteiger charge is -2.08. The second-order valence-electron chi connectivity index (χ2n) is 5.38. The fourth-order valence-electron chi connectivity index (χ4n) is 2.19. The number of hydrogen-bond donors (Lipinski definition) is 2. The highest BCUT2D eigenvalue weighted by Gasteiger charge is 2.11. The molecule has 2 N–H and O–H groups in total. The molecule has 25 heavy (non-hydrogen) atoms. The van der Waals surface area contributed by atoms with Crippen molar-refractivity contribution in [2.45, 2.75) is 24.8 Å². The Balaban J connectivity index is 1.75. The molecule has 0 unspecified atom stereocenters. The van der Waals surface area contributed by atoms with Gasteiger partial charge in [-0.3, -0.25) is 0 Å². The molecule has 134 valence electrons. The number of sulfonamides is 1. The van der Waals surface area contributed by atoms with Crippen LogP contribution in [-0.2, 0) is 27.8 Å². The number of alkyl carbamates (subject to hydrolysis) is 1. The molecule has 0 saturated heterocycles. The predicted octanol–water partition coefficient (Wildman–Crippen LogP) is 2.45. The Kier molecular flexibility index (Phi) is 6.97. The number of carbonyl (C=O) groups excluding carboxylic acids is 1. The molecule has 0 heterocycles. The largest absolute Gasteiger partial charge is 0.445 e. The van der Waals surface area contributed by atoms with Crippen LogP contribution in [0.25, 0.3) is 0 Å². The fraction of sp³-hybridized carbons (Fsp3) is 0.278. The molecule has 2 aromatic rings. The van der Waals surface area contributed by atoms with Gasteiger partial charge < -0.3 is 10.1 Å². The number of amides is 1. The Hall–Kier alpha value is -2.38. The van der Waals surface area contributed by atoms with Crippen LogP contribution in [0.4, 0.5) is 4.79 Å². The summed E-state index contributed by atoms with van der Waals surface area (Å²) in [6, 6.07) is 16.0. The van der Waals surface area contributed by atoms with E-state index in [9.17, 15) is 13.2 Å². The average molecular weight is 362 g/mol. The van der Waals surface area contributed by atoms with E-state index < -0.39 is 16.1 Å². The molecule has 7 heteroatoms. The van der Waals surface area contributed by atoms with E-state index in [0.29, 0.717) is 19.5 Å². The maximum Gasteiger partial charge on any atom is 0.407 e. The van der Waals surface area contributed by atoms with Gasteiger partial charge in [-0.2, -0.15) is 0 Å². The monoisotopic (exact) mass is 362 g/mol. The molecule has 0 bridgehead atoms. The first-order valence-corrected chi connectivity index (χ1v) is 9.53. The number of rotatable bonds is 8. The Morgan fingerprint density at radius 2 is 1.68 bits per heavy atom. The number of benzene rings is 2. The van der Waals surface area contributed by atoms with E-state index in [0.717, 1.165) is 11.1 Å². The van der Waals surface area contributed by atoms with E-state index in [2.05, 4.69) is 10.0 Å². The number of hydrogen-bond acceptors (Lipinski definition) is 4. The van der Waals surface area contributed by atoms with Crippen molar-refractivity contribution in [2.75, 3.05) is 13.1 Å². The summed E-state index contributed by atoms with van der Waals surface area (Å²) in [6.45, 7) is 2.71. The molecule has 6 nitrogen and oxygen atoms in total. The quantitative estimate of drug-likeness (QED) is 0.755. The van der Waals surface area contributed by atoms with Gasteiger partial charge in [0.2, 0.25) is 10.0 Å². The van der Waals surface area contributed by atoms with E-state index in [1.165, 1.54) is 0 Å². The van der Waals surface area contributed by atoms with Gasteiger partial charge in [-0.1, -0.05) is 49.4 Å². The zero-order valence-corrected chi connectivity index (χ0v) is 14.9. The van der Waals surface area contributed by atoms with E-state index in [1.807, 2.05) is 30.3 Å². The third-order valence-electron chi connectivity index (χ3n) is 3.46. The number of nitrogens with one attached hydrogen (secondary N) is 2. The fourth-order valence-corrected chi connectivity index (χ4v) is 3.23. The summed E-state index contributed by atoms with van der Waals surface area (Å²) in [5, 5.41) is 2.67. The SMILES string of the molecule is CCNS(=O)(=O)c1ccc(CCNC(=O)OCc2ccccc2)cc1. The Morgan fingerprint density at radius 1 is 1.00 bits per heavy atom. The van der Waals surface area contributed by atoms with Crippen LogP contribution in [0.3, 0.4) is 0 Å². The van der Waals surface area contributed by atoms with Gasteiger partial charge in [0.25, 0.3) is 0 Å². The van der Waals surface area contributed by atoms with E-state index in [1.54, 1.807) is 31.2 Å². The second-order valence-corrected chi connectivity index (χ2v) is 7.15. The summed E-state index contributed by atoms with van der Waals surface area (Å²) in [5.41, 5.74) is 1.86. The van der Waals surface area contributed by atoms with Crippen molar-refractivity contribution >= 4 is 16.1 Å². The molecular formula is C18H22N2O4S. The van der Waals surface area contributed by atoms with E-state index in [-0.39, 0.29) is 11.5 Å². The van der Waals surface area contributed by atoms with Gasteiger partial charge in [0, 0.05) is 13.1 Å². The summed E-state index contributed by atoms with van der Waals surface area (Å²) in [7, 11) is -3.43. The van der Waals surface area contributed by atoms with Gasteiger partial charge in [-0.15, -0.1) is 0 Å². The molecule has 0 aliphatic rings. The Bertz CT molecular complexity index is 774. The van der Waals surface area contributed by atoms with Gasteiger partial charge in [0.15, 0.2) is 0 Å². The van der Waals surface area contributed by atoms with Gasteiger partial charge >= 0.3 is 6.09 Å². The highest BCUT2D eigenvalue weighted by molar-refractivity contribution is 7.89. The molecule has 0 fully saturated rings. The van der Waals surface area contributed by atoms with Crippen LogP contribution in [0.2, 0.25) is 0 Å². The first-order valence-electron chi connectivity index (χ1n) is 8.04. The lowest BCUT2D eigenvalue weighted by atomic mass is 10.1. The van der Waals surface area contributed by atoms with E-state index in [4.69, 9.17) is 4.74 Å². The molecule has 0 spiro atoms. The van der Waals surface area contributed by atoms with Crippen molar-refractivity contribution < 1.29 is 17.9 Å². The van der Waals surface area contributed by atoms with Gasteiger partial charge in [-0.05, 0) is 29.7 Å². The Morgan fingerprint density at radius 3 is 2.32 bits per heavy atom. The zero-order valence-electron chi connectivity index (χ0n) is 14.1. The van der Waals surface area contributed by atoms with Gasteiger partial charge in [0.05, 0.1) is 4.90 Å².